The molecule has 0 aliphatic rings. The molecule has 1 aromatic carbocycles. The van der Waals surface area contributed by atoms with E-state index >= 15 is 0 Å². The van der Waals surface area contributed by atoms with E-state index in [-0.39, 0.29) is 5.95 Å². The fourth-order valence-electron chi connectivity index (χ4n) is 1.42. The van der Waals surface area contributed by atoms with Gasteiger partial charge in [0.05, 0.1) is 5.02 Å². The van der Waals surface area contributed by atoms with Crippen molar-refractivity contribution < 1.29 is 4.74 Å². The first-order valence-corrected chi connectivity index (χ1v) is 5.72. The number of nitrogens with zero attached hydrogens (tertiary/aromatic N) is 2. The molecule has 0 fully saturated rings. The Bertz CT molecular complexity index is 574. The lowest BCUT2D eigenvalue weighted by Crippen LogP contribution is -2.01. The Hall–Kier alpha value is -2.01. The quantitative estimate of drug-likeness (QED) is 0.892. The number of nitrogens with two attached hydrogens (primary N) is 1. The van der Waals surface area contributed by atoms with Crippen molar-refractivity contribution in [2.75, 3.05) is 18.1 Å². The lowest BCUT2D eigenvalue weighted by molar-refractivity contribution is 0.463. The van der Waals surface area contributed by atoms with Gasteiger partial charge in [-0.15, -0.1) is 0 Å². The minimum atomic E-state index is 0.139. The Balaban J connectivity index is 2.33. The van der Waals surface area contributed by atoms with Crippen LogP contribution in [0.25, 0.3) is 0 Å². The van der Waals surface area contributed by atoms with Crippen LogP contribution in [-0.2, 0) is 0 Å². The van der Waals surface area contributed by atoms with Crippen LogP contribution in [0.1, 0.15) is 5.56 Å². The van der Waals surface area contributed by atoms with Gasteiger partial charge in [-0.25, -0.2) is 0 Å². The third kappa shape index (κ3) is 2.81. The van der Waals surface area contributed by atoms with Gasteiger partial charge in [0.1, 0.15) is 11.6 Å². The predicted molar refractivity (Wildman–Crippen MR) is 72.3 cm³/mol. The zero-order valence-electron chi connectivity index (χ0n) is 10.1. The molecule has 0 saturated carbocycles. The maximum atomic E-state index is 6.04. The number of anilines is 2. The highest BCUT2D eigenvalue weighted by atomic mass is 35.5. The second kappa shape index (κ2) is 5.10. The molecule has 1 heterocycles. The number of hydrogen-bond donors (Lipinski definition) is 2. The van der Waals surface area contributed by atoms with Crippen molar-refractivity contribution in [3.05, 3.63) is 34.9 Å². The van der Waals surface area contributed by atoms with Crippen molar-refractivity contribution >= 4 is 23.4 Å². The number of halogens is 1. The van der Waals surface area contributed by atoms with E-state index in [1.54, 1.807) is 19.2 Å². The smallest absolute Gasteiger partial charge is 0.226 e. The standard InChI is InChI=1S/C12H13ClN4O/c1-7-3-4-8(13)9(5-7)18-11-6-10(15-2)16-12(14)17-11/h3-6H,1-2H3,(H3,14,15,16,17). The molecular formula is C12H13ClN4O. The molecule has 0 saturated heterocycles. The van der Waals surface area contributed by atoms with Crippen molar-refractivity contribution in [3.63, 3.8) is 0 Å². The molecule has 6 heteroatoms. The van der Waals surface area contributed by atoms with Crippen LogP contribution < -0.4 is 15.8 Å². The average molecular weight is 265 g/mol. The number of ether oxygens (including phenoxy) is 1. The van der Waals surface area contributed by atoms with Gasteiger partial charge in [0.15, 0.2) is 0 Å². The van der Waals surface area contributed by atoms with Gasteiger partial charge in [-0.2, -0.15) is 9.97 Å². The summed E-state index contributed by atoms with van der Waals surface area (Å²) in [6.45, 7) is 1.95. The molecule has 2 rings (SSSR count). The Morgan fingerprint density at radius 3 is 2.78 bits per heavy atom. The molecule has 2 aromatic rings. The molecule has 0 bridgehead atoms. The maximum absolute atomic E-state index is 6.04. The van der Waals surface area contributed by atoms with Crippen molar-refractivity contribution in [2.45, 2.75) is 6.92 Å². The first kappa shape index (κ1) is 12.4. The highest BCUT2D eigenvalue weighted by Crippen LogP contribution is 2.30. The third-order valence-corrected chi connectivity index (χ3v) is 2.59. The van der Waals surface area contributed by atoms with Gasteiger partial charge in [-0.05, 0) is 24.6 Å². The lowest BCUT2D eigenvalue weighted by Gasteiger charge is -2.09. The topological polar surface area (TPSA) is 73.1 Å². The van der Waals surface area contributed by atoms with Crippen molar-refractivity contribution in [2.24, 2.45) is 0 Å². The van der Waals surface area contributed by atoms with Gasteiger partial charge in [-0.3, -0.25) is 0 Å². The van der Waals surface area contributed by atoms with Crippen LogP contribution in [0.2, 0.25) is 5.02 Å². The molecule has 94 valence electrons. The number of benzene rings is 1. The highest BCUT2D eigenvalue weighted by molar-refractivity contribution is 6.32. The number of rotatable bonds is 3. The minimum absolute atomic E-state index is 0.139. The van der Waals surface area contributed by atoms with Gasteiger partial charge in [-0.1, -0.05) is 17.7 Å². The van der Waals surface area contributed by atoms with E-state index in [0.29, 0.717) is 22.5 Å². The maximum Gasteiger partial charge on any atom is 0.226 e. The van der Waals surface area contributed by atoms with Crippen LogP contribution in [-0.4, -0.2) is 17.0 Å². The number of nitrogens with one attached hydrogen (secondary N) is 1. The molecule has 3 N–H and O–H groups in total. The van der Waals surface area contributed by atoms with Crippen LogP contribution in [0.5, 0.6) is 11.6 Å². The van der Waals surface area contributed by atoms with Gasteiger partial charge in [0.2, 0.25) is 11.8 Å². The molecule has 0 unspecified atom stereocenters. The second-order valence-electron chi connectivity index (χ2n) is 3.74. The fraction of sp³-hybridized carbons (Fsp3) is 0.167. The van der Waals surface area contributed by atoms with Gasteiger partial charge in [0.25, 0.3) is 0 Å². The summed E-state index contributed by atoms with van der Waals surface area (Å²) < 4.78 is 5.61. The van der Waals surface area contributed by atoms with E-state index in [1.807, 2.05) is 19.1 Å². The molecule has 0 atom stereocenters. The number of nitrogen functional groups attached to an aromatic ring is 1. The lowest BCUT2D eigenvalue weighted by atomic mass is 10.2. The third-order valence-electron chi connectivity index (χ3n) is 2.28. The summed E-state index contributed by atoms with van der Waals surface area (Å²) in [6, 6.07) is 7.16. The number of aromatic nitrogens is 2. The molecule has 0 aliphatic carbocycles. The largest absolute Gasteiger partial charge is 0.437 e. The average Bonchev–Trinajstić information content (AvgIpc) is 2.33. The summed E-state index contributed by atoms with van der Waals surface area (Å²) in [5, 5.41) is 3.39. The van der Waals surface area contributed by atoms with Crippen LogP contribution in [0.4, 0.5) is 11.8 Å². The zero-order chi connectivity index (χ0) is 13.1. The van der Waals surface area contributed by atoms with Crippen LogP contribution in [0.3, 0.4) is 0 Å². The SMILES string of the molecule is CNc1cc(Oc2cc(C)ccc2Cl)nc(N)n1. The molecule has 0 aliphatic heterocycles. The normalized spacial score (nSPS) is 10.2. The highest BCUT2D eigenvalue weighted by Gasteiger charge is 2.07. The van der Waals surface area contributed by atoms with Crippen molar-refractivity contribution in [1.29, 1.82) is 0 Å². The van der Waals surface area contributed by atoms with Crippen molar-refractivity contribution in [1.82, 2.24) is 9.97 Å². The number of hydrogen-bond acceptors (Lipinski definition) is 5. The number of aryl methyl sites for hydroxylation is 1. The first-order chi connectivity index (χ1) is 8.58. The van der Waals surface area contributed by atoms with Crippen LogP contribution >= 0.6 is 11.6 Å². The molecule has 5 nitrogen and oxygen atoms in total. The molecule has 18 heavy (non-hydrogen) atoms. The predicted octanol–water partition coefficient (Wildman–Crippen LogP) is 2.85. The van der Waals surface area contributed by atoms with Gasteiger partial charge >= 0.3 is 0 Å². The van der Waals surface area contributed by atoms with Crippen LogP contribution in [0.15, 0.2) is 24.3 Å². The fourth-order valence-corrected chi connectivity index (χ4v) is 1.58. The second-order valence-corrected chi connectivity index (χ2v) is 4.14. The first-order valence-electron chi connectivity index (χ1n) is 5.35. The van der Waals surface area contributed by atoms with E-state index in [1.165, 1.54) is 0 Å². The monoisotopic (exact) mass is 264 g/mol. The van der Waals surface area contributed by atoms with E-state index in [9.17, 15) is 0 Å². The Labute approximate surface area is 110 Å². The summed E-state index contributed by atoms with van der Waals surface area (Å²) in [4.78, 5) is 7.97. The Morgan fingerprint density at radius 1 is 1.28 bits per heavy atom. The van der Waals surface area contributed by atoms with E-state index in [0.717, 1.165) is 5.56 Å². The van der Waals surface area contributed by atoms with Gasteiger partial charge < -0.3 is 15.8 Å². The molecule has 1 aromatic heterocycles. The summed E-state index contributed by atoms with van der Waals surface area (Å²) in [5.74, 6) is 1.61. The minimum Gasteiger partial charge on any atom is -0.437 e. The molecule has 0 radical (unpaired) electrons. The summed E-state index contributed by atoms with van der Waals surface area (Å²) >= 11 is 6.04. The van der Waals surface area contributed by atoms with Gasteiger partial charge in [0, 0.05) is 13.1 Å². The summed E-state index contributed by atoms with van der Waals surface area (Å²) in [5.41, 5.74) is 6.63. The van der Waals surface area contributed by atoms with Crippen molar-refractivity contribution in [3.8, 4) is 11.6 Å². The summed E-state index contributed by atoms with van der Waals surface area (Å²) in [6.07, 6.45) is 0. The van der Waals surface area contributed by atoms with Crippen LogP contribution in [0, 0.1) is 6.92 Å². The summed E-state index contributed by atoms with van der Waals surface area (Å²) in [7, 11) is 1.74. The Kier molecular flexibility index (Phi) is 3.53. The molecule has 0 spiro atoms. The molecular weight excluding hydrogens is 252 g/mol. The molecule has 0 amide bonds. The Morgan fingerprint density at radius 2 is 2.06 bits per heavy atom. The van der Waals surface area contributed by atoms with E-state index < -0.39 is 0 Å². The van der Waals surface area contributed by atoms with E-state index in [2.05, 4.69) is 15.3 Å². The zero-order valence-corrected chi connectivity index (χ0v) is 10.8. The van der Waals surface area contributed by atoms with E-state index in [4.69, 9.17) is 22.1 Å².